The van der Waals surface area contributed by atoms with Crippen molar-refractivity contribution in [3.63, 3.8) is 0 Å². The molecule has 0 bridgehead atoms. The highest BCUT2D eigenvalue weighted by Gasteiger charge is 2.42. The van der Waals surface area contributed by atoms with Crippen molar-refractivity contribution in [2.75, 3.05) is 23.5 Å². The van der Waals surface area contributed by atoms with Crippen LogP contribution in [0.25, 0.3) is 10.8 Å². The molecule has 5 amide bonds. The van der Waals surface area contributed by atoms with Gasteiger partial charge < -0.3 is 14.8 Å². The van der Waals surface area contributed by atoms with Crippen molar-refractivity contribution in [1.82, 2.24) is 10.3 Å². The molecular weight excluding hydrogens is 564 g/mol. The van der Waals surface area contributed by atoms with Crippen molar-refractivity contribution in [2.24, 2.45) is 0 Å². The van der Waals surface area contributed by atoms with Crippen molar-refractivity contribution in [2.45, 2.75) is 26.3 Å². The third-order valence-corrected chi connectivity index (χ3v) is 7.04. The number of imide groups is 1. The molecule has 11 nitrogen and oxygen atoms in total. The summed E-state index contributed by atoms with van der Waals surface area (Å²) < 4.78 is 10.1. The predicted molar refractivity (Wildman–Crippen MR) is 163 cm³/mol. The van der Waals surface area contributed by atoms with E-state index in [1.165, 1.54) is 6.07 Å². The number of amides is 5. The molecule has 0 aromatic heterocycles. The minimum Gasteiger partial charge on any atom is -0.449 e. The van der Waals surface area contributed by atoms with Crippen LogP contribution in [0.5, 0.6) is 0 Å². The molecule has 0 saturated heterocycles. The molecule has 0 aliphatic carbocycles. The van der Waals surface area contributed by atoms with Crippen LogP contribution in [-0.2, 0) is 20.7 Å². The lowest BCUT2D eigenvalue weighted by atomic mass is 10.0. The van der Waals surface area contributed by atoms with Crippen molar-refractivity contribution in [3.05, 3.63) is 108 Å². The molecule has 224 valence electrons. The molecule has 0 spiro atoms. The Labute approximate surface area is 253 Å². The van der Waals surface area contributed by atoms with E-state index in [1.807, 2.05) is 30.3 Å². The summed E-state index contributed by atoms with van der Waals surface area (Å²) in [5.74, 6) is -1.66. The van der Waals surface area contributed by atoms with E-state index in [2.05, 4.69) is 10.7 Å². The number of benzene rings is 4. The largest absolute Gasteiger partial charge is 0.449 e. The lowest BCUT2D eigenvalue weighted by molar-refractivity contribution is -0.119. The van der Waals surface area contributed by atoms with E-state index in [-0.39, 0.29) is 36.4 Å². The third-order valence-electron chi connectivity index (χ3n) is 7.04. The standard InChI is InChI=1S/C33H30N4O7/c1-3-43-32(41)35-37(33(42)44-4-2)27-19-18-26(22-14-8-9-15-23(22)27)34-29(38)28(20-21-12-6-5-7-13-21)36-30(39)24-16-10-11-17-25(24)31(36)40/h5-19,28H,3-4,20H2,1-2H3,(H,34,38)(H,35,41)/t28-/m0/s1. The van der Waals surface area contributed by atoms with Gasteiger partial charge in [-0.3, -0.25) is 19.3 Å². The number of nitrogens with zero attached hydrogens (tertiary/aromatic N) is 2. The highest BCUT2D eigenvalue weighted by Crippen LogP contribution is 2.33. The second-order valence-corrected chi connectivity index (χ2v) is 9.77. The Kier molecular flexibility index (Phi) is 8.85. The summed E-state index contributed by atoms with van der Waals surface area (Å²) in [6.45, 7) is 3.42. The predicted octanol–water partition coefficient (Wildman–Crippen LogP) is 5.31. The van der Waals surface area contributed by atoms with Crippen LogP contribution in [0.15, 0.2) is 91.0 Å². The minimum absolute atomic E-state index is 0.0620. The molecule has 1 atom stereocenters. The van der Waals surface area contributed by atoms with E-state index in [0.29, 0.717) is 16.5 Å². The molecule has 0 unspecified atom stereocenters. The number of anilines is 2. The van der Waals surface area contributed by atoms with E-state index >= 15 is 0 Å². The smallest absolute Gasteiger partial charge is 0.433 e. The van der Waals surface area contributed by atoms with Gasteiger partial charge in [-0.25, -0.2) is 15.0 Å². The fourth-order valence-electron chi connectivity index (χ4n) is 5.08. The zero-order valence-electron chi connectivity index (χ0n) is 24.1. The Morgan fingerprint density at radius 1 is 0.750 bits per heavy atom. The van der Waals surface area contributed by atoms with Crippen molar-refractivity contribution < 1.29 is 33.4 Å². The Hall–Kier alpha value is -5.71. The van der Waals surface area contributed by atoms with E-state index in [4.69, 9.17) is 9.47 Å². The fraction of sp³-hybridized carbons (Fsp3) is 0.182. The number of carbonyl (C=O) groups excluding carboxylic acids is 5. The number of carbonyl (C=O) groups is 5. The number of rotatable bonds is 8. The Bertz CT molecular complexity index is 1710. The summed E-state index contributed by atoms with van der Waals surface area (Å²) >= 11 is 0. The van der Waals surface area contributed by atoms with Crippen LogP contribution in [0.1, 0.15) is 40.1 Å². The number of fused-ring (bicyclic) bond motifs is 2. The number of nitrogens with one attached hydrogen (secondary N) is 2. The van der Waals surface area contributed by atoms with Crippen LogP contribution in [0.4, 0.5) is 21.0 Å². The average molecular weight is 595 g/mol. The molecule has 1 heterocycles. The zero-order valence-corrected chi connectivity index (χ0v) is 24.1. The second-order valence-electron chi connectivity index (χ2n) is 9.77. The summed E-state index contributed by atoms with van der Waals surface area (Å²) in [4.78, 5) is 67.0. The second kappa shape index (κ2) is 13.1. The van der Waals surface area contributed by atoms with Crippen LogP contribution < -0.4 is 15.8 Å². The van der Waals surface area contributed by atoms with Gasteiger partial charge in [-0.2, -0.15) is 5.01 Å². The molecule has 11 heteroatoms. The molecule has 0 fully saturated rings. The van der Waals surface area contributed by atoms with Gasteiger partial charge in [0.15, 0.2) is 0 Å². The number of hydrogen-bond donors (Lipinski definition) is 2. The molecule has 5 rings (SSSR count). The van der Waals surface area contributed by atoms with Crippen molar-refractivity contribution in [3.8, 4) is 0 Å². The first kappa shape index (κ1) is 29.8. The lowest BCUT2D eigenvalue weighted by Gasteiger charge is -2.27. The lowest BCUT2D eigenvalue weighted by Crippen LogP contribution is -2.48. The maximum Gasteiger partial charge on any atom is 0.433 e. The Morgan fingerprint density at radius 2 is 1.34 bits per heavy atom. The monoisotopic (exact) mass is 594 g/mol. The van der Waals surface area contributed by atoms with Crippen LogP contribution in [-0.4, -0.2) is 54.1 Å². The summed E-state index contributed by atoms with van der Waals surface area (Å²) in [6, 6.07) is 24.5. The van der Waals surface area contributed by atoms with Crippen LogP contribution in [0.2, 0.25) is 0 Å². The van der Waals surface area contributed by atoms with Crippen molar-refractivity contribution in [1.29, 1.82) is 0 Å². The summed E-state index contributed by atoms with van der Waals surface area (Å²) in [6.07, 6.45) is -1.60. The molecule has 4 aromatic rings. The van der Waals surface area contributed by atoms with E-state index in [1.54, 1.807) is 68.4 Å². The SMILES string of the molecule is CCOC(=O)NN(C(=O)OCC)c1ccc(NC(=O)[C@H](Cc2ccccc2)N2C(=O)c3ccccc3C2=O)c2ccccc12. The van der Waals surface area contributed by atoms with Crippen LogP contribution >= 0.6 is 0 Å². The highest BCUT2D eigenvalue weighted by molar-refractivity contribution is 6.23. The quantitative estimate of drug-likeness (QED) is 0.209. The fourth-order valence-corrected chi connectivity index (χ4v) is 5.08. The van der Waals surface area contributed by atoms with Crippen LogP contribution in [0.3, 0.4) is 0 Å². The van der Waals surface area contributed by atoms with Gasteiger partial charge in [0.2, 0.25) is 5.91 Å². The Morgan fingerprint density at radius 3 is 1.98 bits per heavy atom. The van der Waals surface area contributed by atoms with E-state index < -0.39 is 35.9 Å². The molecule has 44 heavy (non-hydrogen) atoms. The number of hydrazine groups is 1. The maximum absolute atomic E-state index is 14.0. The summed E-state index contributed by atoms with van der Waals surface area (Å²) in [5, 5.41) is 4.86. The molecule has 4 aromatic carbocycles. The summed E-state index contributed by atoms with van der Waals surface area (Å²) in [7, 11) is 0. The highest BCUT2D eigenvalue weighted by atomic mass is 16.6. The van der Waals surface area contributed by atoms with Crippen molar-refractivity contribution >= 4 is 52.1 Å². The zero-order chi connectivity index (χ0) is 31.2. The molecule has 1 aliphatic heterocycles. The van der Waals surface area contributed by atoms with Gasteiger partial charge in [-0.1, -0.05) is 66.7 Å². The third kappa shape index (κ3) is 5.93. The van der Waals surface area contributed by atoms with E-state index in [9.17, 15) is 24.0 Å². The minimum atomic E-state index is -1.16. The molecule has 0 saturated carbocycles. The van der Waals surface area contributed by atoms with Gasteiger partial charge in [0.05, 0.1) is 30.0 Å². The number of ether oxygens (including phenoxy) is 2. The van der Waals surface area contributed by atoms with E-state index in [0.717, 1.165) is 15.5 Å². The first-order valence-corrected chi connectivity index (χ1v) is 14.1. The maximum atomic E-state index is 14.0. The topological polar surface area (TPSA) is 134 Å². The van der Waals surface area contributed by atoms with Gasteiger partial charge in [0.1, 0.15) is 6.04 Å². The van der Waals surface area contributed by atoms with Gasteiger partial charge >= 0.3 is 12.2 Å². The average Bonchev–Trinajstić information content (AvgIpc) is 3.29. The Balaban J connectivity index is 1.51. The van der Waals surface area contributed by atoms with Gasteiger partial charge in [0, 0.05) is 22.9 Å². The normalized spacial score (nSPS) is 12.8. The first-order chi connectivity index (χ1) is 21.3. The van der Waals surface area contributed by atoms with Gasteiger partial charge in [-0.05, 0) is 43.7 Å². The molecule has 2 N–H and O–H groups in total. The van der Waals surface area contributed by atoms with Crippen LogP contribution in [0, 0.1) is 0 Å². The molecule has 1 aliphatic rings. The van der Waals surface area contributed by atoms with Gasteiger partial charge in [0.25, 0.3) is 11.8 Å². The van der Waals surface area contributed by atoms with Gasteiger partial charge in [-0.15, -0.1) is 0 Å². The summed E-state index contributed by atoms with van der Waals surface area (Å²) in [5.41, 5.74) is 4.28. The first-order valence-electron chi connectivity index (χ1n) is 14.1. The molecular formula is C33H30N4O7. The number of hydrogen-bond acceptors (Lipinski definition) is 7. The molecule has 0 radical (unpaired) electrons.